The highest BCUT2D eigenvalue weighted by Gasteiger charge is 2.18. The van der Waals surface area contributed by atoms with Crippen LogP contribution in [0.15, 0.2) is 212 Å². The summed E-state index contributed by atoms with van der Waals surface area (Å²) in [5, 5.41) is 12.9. The molecule has 268 valence electrons. The van der Waals surface area contributed by atoms with E-state index in [-0.39, 0.29) is 0 Å². The number of nitrogens with zero attached hydrogens (tertiary/aromatic N) is 2. The lowest BCUT2D eigenvalue weighted by molar-refractivity contribution is 1.22. The zero-order valence-electron chi connectivity index (χ0n) is 31.6. The second-order valence-electron chi connectivity index (χ2n) is 15.0. The third-order valence-electron chi connectivity index (χ3n) is 11.8. The highest BCUT2D eigenvalue weighted by molar-refractivity contribution is 6.34. The van der Waals surface area contributed by atoms with E-state index in [4.69, 9.17) is 0 Å². The summed E-state index contributed by atoms with van der Waals surface area (Å²) in [6, 6.07) is 77.4. The van der Waals surface area contributed by atoms with Gasteiger partial charge in [0.15, 0.2) is 0 Å². The van der Waals surface area contributed by atoms with Gasteiger partial charge in [-0.1, -0.05) is 164 Å². The van der Waals surface area contributed by atoms with E-state index in [1.807, 2.05) is 0 Å². The molecule has 0 radical (unpaired) electrons. The van der Waals surface area contributed by atoms with Crippen molar-refractivity contribution in [3.05, 3.63) is 212 Å². The van der Waals surface area contributed by atoms with Crippen LogP contribution in [0, 0.1) is 0 Å². The van der Waals surface area contributed by atoms with Crippen LogP contribution in [0.5, 0.6) is 0 Å². The van der Waals surface area contributed by atoms with Crippen molar-refractivity contribution in [3.63, 3.8) is 0 Å². The molecule has 0 fully saturated rings. The molecule has 0 atom stereocenters. The number of rotatable bonds is 7. The van der Waals surface area contributed by atoms with Gasteiger partial charge in [0, 0.05) is 40.6 Å². The van der Waals surface area contributed by atoms with E-state index in [1.54, 1.807) is 0 Å². The summed E-state index contributed by atoms with van der Waals surface area (Å²) in [6.45, 7) is 0. The molecule has 0 aromatic heterocycles. The van der Waals surface area contributed by atoms with Crippen molar-refractivity contribution in [2.24, 2.45) is 0 Å². The lowest BCUT2D eigenvalue weighted by Crippen LogP contribution is -2.10. The minimum absolute atomic E-state index is 1.11. The maximum atomic E-state index is 2.38. The molecule has 11 aromatic carbocycles. The average Bonchev–Trinajstić information content (AvgIpc) is 3.28. The van der Waals surface area contributed by atoms with Crippen LogP contribution in [-0.2, 0) is 0 Å². The lowest BCUT2D eigenvalue weighted by Gasteiger charge is -2.27. The Morgan fingerprint density at radius 1 is 0.281 bits per heavy atom. The standard InChI is InChI=1S/C55H38N2/c1-56(52-35-34-50-48-22-9-17-41-16-8-21-47(54(41)48)49-23-11-24-51(52)55(49)50)43-30-26-38(27-31-43)39-28-32-44(33-29-39)57(53-25-10-15-40-14-5-6-20-46(40)53)45-19-7-18-42(36-45)37-12-3-2-4-13-37/h2-36H,1H3. The Kier molecular flexibility index (Phi) is 7.75. The van der Waals surface area contributed by atoms with Crippen LogP contribution in [0.4, 0.5) is 28.4 Å². The van der Waals surface area contributed by atoms with E-state index in [1.165, 1.54) is 81.8 Å². The van der Waals surface area contributed by atoms with Crippen LogP contribution in [0.3, 0.4) is 0 Å². The summed E-state index contributed by atoms with van der Waals surface area (Å²) in [7, 11) is 2.18. The molecule has 0 saturated heterocycles. The second kappa shape index (κ2) is 13.4. The normalized spacial score (nSPS) is 11.6. The third kappa shape index (κ3) is 5.49. The van der Waals surface area contributed by atoms with Gasteiger partial charge in [0.25, 0.3) is 0 Å². The summed E-state index contributed by atoms with van der Waals surface area (Å²) in [6.07, 6.45) is 0. The number of fused-ring (bicyclic) bond motifs is 3. The van der Waals surface area contributed by atoms with Crippen LogP contribution in [0.1, 0.15) is 0 Å². The van der Waals surface area contributed by atoms with Crippen molar-refractivity contribution in [3.8, 4) is 22.3 Å². The van der Waals surface area contributed by atoms with Gasteiger partial charge in [-0.05, 0) is 114 Å². The molecule has 0 N–H and O–H groups in total. The maximum absolute atomic E-state index is 2.38. The number of hydrogen-bond donors (Lipinski definition) is 0. The van der Waals surface area contributed by atoms with E-state index in [9.17, 15) is 0 Å². The van der Waals surface area contributed by atoms with Crippen LogP contribution in [-0.4, -0.2) is 7.05 Å². The van der Waals surface area contributed by atoms with Crippen molar-refractivity contribution in [2.75, 3.05) is 16.8 Å². The van der Waals surface area contributed by atoms with E-state index < -0.39 is 0 Å². The predicted octanol–water partition coefficient (Wildman–Crippen LogP) is 15.5. The van der Waals surface area contributed by atoms with Gasteiger partial charge in [-0.2, -0.15) is 0 Å². The lowest BCUT2D eigenvalue weighted by atomic mass is 9.89. The minimum atomic E-state index is 1.11. The van der Waals surface area contributed by atoms with E-state index in [0.717, 1.165) is 22.7 Å². The van der Waals surface area contributed by atoms with Crippen LogP contribution < -0.4 is 9.80 Å². The Morgan fingerprint density at radius 3 is 1.54 bits per heavy atom. The molecule has 0 aliphatic rings. The van der Waals surface area contributed by atoms with Crippen LogP contribution in [0.25, 0.3) is 76.1 Å². The molecular formula is C55H38N2. The van der Waals surface area contributed by atoms with Crippen molar-refractivity contribution >= 4 is 82.3 Å². The molecule has 0 saturated carbocycles. The van der Waals surface area contributed by atoms with E-state index >= 15 is 0 Å². The van der Waals surface area contributed by atoms with Gasteiger partial charge in [0.05, 0.1) is 5.69 Å². The molecule has 0 spiro atoms. The van der Waals surface area contributed by atoms with Crippen molar-refractivity contribution in [1.82, 2.24) is 0 Å². The Hall–Kier alpha value is -7.42. The number of anilines is 5. The minimum Gasteiger partial charge on any atom is -0.344 e. The molecule has 0 aliphatic carbocycles. The molecule has 0 heterocycles. The Bertz CT molecular complexity index is 3180. The molecule has 0 aliphatic heterocycles. The topological polar surface area (TPSA) is 6.48 Å². The van der Waals surface area contributed by atoms with Crippen molar-refractivity contribution in [1.29, 1.82) is 0 Å². The largest absolute Gasteiger partial charge is 0.344 e. The highest BCUT2D eigenvalue weighted by Crippen LogP contribution is 2.44. The maximum Gasteiger partial charge on any atom is 0.0540 e. The molecular weight excluding hydrogens is 689 g/mol. The summed E-state index contributed by atoms with van der Waals surface area (Å²) in [4.78, 5) is 4.71. The fourth-order valence-corrected chi connectivity index (χ4v) is 9.03. The van der Waals surface area contributed by atoms with E-state index in [2.05, 4.69) is 229 Å². The number of benzene rings is 11. The predicted molar refractivity (Wildman–Crippen MR) is 245 cm³/mol. The fourth-order valence-electron chi connectivity index (χ4n) is 9.03. The van der Waals surface area contributed by atoms with Gasteiger partial charge < -0.3 is 9.80 Å². The van der Waals surface area contributed by atoms with Crippen LogP contribution in [0.2, 0.25) is 0 Å². The quantitative estimate of drug-likeness (QED) is 0.119. The Balaban J connectivity index is 0.943. The van der Waals surface area contributed by atoms with Crippen LogP contribution >= 0.6 is 0 Å². The Labute approximate surface area is 332 Å². The molecule has 2 heteroatoms. The van der Waals surface area contributed by atoms with Crippen molar-refractivity contribution < 1.29 is 0 Å². The summed E-state index contributed by atoms with van der Waals surface area (Å²) in [5.74, 6) is 0. The average molecular weight is 727 g/mol. The van der Waals surface area contributed by atoms with E-state index in [0.29, 0.717) is 0 Å². The highest BCUT2D eigenvalue weighted by atomic mass is 15.1. The summed E-state index contributed by atoms with van der Waals surface area (Å²) >= 11 is 0. The fraction of sp³-hybridized carbons (Fsp3) is 0.0182. The summed E-state index contributed by atoms with van der Waals surface area (Å²) < 4.78 is 0. The first-order valence-corrected chi connectivity index (χ1v) is 19.7. The third-order valence-corrected chi connectivity index (χ3v) is 11.8. The zero-order valence-corrected chi connectivity index (χ0v) is 31.6. The molecule has 11 aromatic rings. The van der Waals surface area contributed by atoms with Gasteiger partial charge in [-0.3, -0.25) is 0 Å². The summed E-state index contributed by atoms with van der Waals surface area (Å²) in [5.41, 5.74) is 10.5. The molecule has 0 unspecified atom stereocenters. The Morgan fingerprint density at radius 2 is 0.789 bits per heavy atom. The van der Waals surface area contributed by atoms with Gasteiger partial charge in [0.1, 0.15) is 0 Å². The van der Waals surface area contributed by atoms with Gasteiger partial charge in [0.2, 0.25) is 0 Å². The molecule has 11 rings (SSSR count). The first-order valence-electron chi connectivity index (χ1n) is 19.7. The molecule has 2 nitrogen and oxygen atoms in total. The van der Waals surface area contributed by atoms with Gasteiger partial charge in [-0.25, -0.2) is 0 Å². The molecule has 0 bridgehead atoms. The molecule has 57 heavy (non-hydrogen) atoms. The SMILES string of the molecule is CN(c1ccc(-c2ccc(N(c3cccc(-c4ccccc4)c3)c3cccc4ccccc34)cc2)cc1)c1ccc2c3cccc4cccc(c5cccc1c52)c43. The number of hydrogen-bond acceptors (Lipinski definition) is 2. The second-order valence-corrected chi connectivity index (χ2v) is 15.0. The smallest absolute Gasteiger partial charge is 0.0540 e. The molecule has 0 amide bonds. The van der Waals surface area contributed by atoms with Crippen molar-refractivity contribution in [2.45, 2.75) is 0 Å². The van der Waals surface area contributed by atoms with Gasteiger partial charge in [-0.15, -0.1) is 0 Å². The van der Waals surface area contributed by atoms with Gasteiger partial charge >= 0.3 is 0 Å². The zero-order chi connectivity index (χ0) is 37.9. The first kappa shape index (κ1) is 33.0. The first-order chi connectivity index (χ1) is 28.2. The monoisotopic (exact) mass is 726 g/mol.